The minimum absolute atomic E-state index is 0.0754. The summed E-state index contributed by atoms with van der Waals surface area (Å²) in [4.78, 5) is 21.7. The lowest BCUT2D eigenvalue weighted by Gasteiger charge is -2.23. The number of amides is 1. The van der Waals surface area contributed by atoms with Crippen molar-refractivity contribution in [3.05, 3.63) is 53.9 Å². The molecule has 2 aromatic rings. The Labute approximate surface area is 172 Å². The maximum absolute atomic E-state index is 13.1. The molecular weight excluding hydrogens is 366 g/mol. The summed E-state index contributed by atoms with van der Waals surface area (Å²) in [6.07, 6.45) is 7.15. The van der Waals surface area contributed by atoms with Gasteiger partial charge in [0.2, 0.25) is 0 Å². The van der Waals surface area contributed by atoms with E-state index in [2.05, 4.69) is 9.88 Å². The third kappa shape index (κ3) is 4.70. The van der Waals surface area contributed by atoms with Gasteiger partial charge in [0, 0.05) is 42.7 Å². The third-order valence-corrected chi connectivity index (χ3v) is 5.72. The number of hydrogen-bond acceptors (Lipinski definition) is 5. The number of carbonyl (C=O) groups excluding carboxylic acids is 1. The summed E-state index contributed by atoms with van der Waals surface area (Å²) in [6.45, 7) is 6.84. The van der Waals surface area contributed by atoms with Crippen LogP contribution in [0.25, 0.3) is 0 Å². The Morgan fingerprint density at radius 3 is 2.76 bits per heavy atom. The highest BCUT2D eigenvalue weighted by atomic mass is 16.5. The first-order chi connectivity index (χ1) is 14.2. The Balaban J connectivity index is 1.43. The zero-order valence-corrected chi connectivity index (χ0v) is 17.0. The lowest BCUT2D eigenvalue weighted by molar-refractivity contribution is 0.0779. The van der Waals surface area contributed by atoms with E-state index >= 15 is 0 Å². The zero-order valence-electron chi connectivity index (χ0n) is 17.0. The van der Waals surface area contributed by atoms with Gasteiger partial charge in [0.15, 0.2) is 11.5 Å². The van der Waals surface area contributed by atoms with Gasteiger partial charge in [-0.1, -0.05) is 6.07 Å². The van der Waals surface area contributed by atoms with E-state index in [1.54, 1.807) is 12.4 Å². The SMILES string of the molecule is CCOc1cc(C(=O)N2CCC(N3CCCC3)C2)ccc1OCc1cccnc1. The number of likely N-dealkylation sites (tertiary alicyclic amines) is 2. The normalized spacial score (nSPS) is 19.5. The first kappa shape index (κ1) is 19.7. The Morgan fingerprint density at radius 1 is 1.14 bits per heavy atom. The van der Waals surface area contributed by atoms with Crippen molar-refractivity contribution in [2.75, 3.05) is 32.8 Å². The van der Waals surface area contributed by atoms with Gasteiger partial charge >= 0.3 is 0 Å². The highest BCUT2D eigenvalue weighted by Gasteiger charge is 2.32. The molecule has 1 atom stereocenters. The lowest BCUT2D eigenvalue weighted by atomic mass is 10.1. The molecule has 6 nitrogen and oxygen atoms in total. The highest BCUT2D eigenvalue weighted by Crippen LogP contribution is 2.30. The number of carbonyl (C=O) groups is 1. The quantitative estimate of drug-likeness (QED) is 0.719. The predicted octanol–water partition coefficient (Wildman–Crippen LogP) is 3.37. The van der Waals surface area contributed by atoms with Crippen LogP contribution in [0.4, 0.5) is 0 Å². The van der Waals surface area contributed by atoms with Crippen LogP contribution in [-0.4, -0.2) is 59.5 Å². The van der Waals surface area contributed by atoms with Crippen molar-refractivity contribution in [3.63, 3.8) is 0 Å². The maximum atomic E-state index is 13.1. The summed E-state index contributed by atoms with van der Waals surface area (Å²) >= 11 is 0. The highest BCUT2D eigenvalue weighted by molar-refractivity contribution is 5.95. The van der Waals surface area contributed by atoms with Crippen LogP contribution >= 0.6 is 0 Å². The molecule has 4 rings (SSSR count). The van der Waals surface area contributed by atoms with Crippen LogP contribution in [0.1, 0.15) is 42.1 Å². The molecular formula is C23H29N3O3. The van der Waals surface area contributed by atoms with Crippen molar-refractivity contribution in [1.29, 1.82) is 0 Å². The van der Waals surface area contributed by atoms with Gasteiger partial charge in [0.1, 0.15) is 6.61 Å². The van der Waals surface area contributed by atoms with Crippen molar-refractivity contribution >= 4 is 5.91 Å². The molecule has 0 aliphatic carbocycles. The molecule has 1 unspecified atom stereocenters. The van der Waals surface area contributed by atoms with E-state index in [1.165, 1.54) is 25.9 Å². The van der Waals surface area contributed by atoms with Crippen LogP contribution < -0.4 is 9.47 Å². The molecule has 0 bridgehead atoms. The predicted molar refractivity (Wildman–Crippen MR) is 111 cm³/mol. The summed E-state index contributed by atoms with van der Waals surface area (Å²) in [5.74, 6) is 1.33. The molecule has 2 aliphatic rings. The van der Waals surface area contributed by atoms with E-state index in [9.17, 15) is 4.79 Å². The van der Waals surface area contributed by atoms with Gasteiger partial charge in [0.25, 0.3) is 5.91 Å². The molecule has 1 aromatic carbocycles. The second kappa shape index (κ2) is 9.27. The average molecular weight is 396 g/mol. The number of aromatic nitrogens is 1. The van der Waals surface area contributed by atoms with Crippen molar-refractivity contribution in [2.24, 2.45) is 0 Å². The third-order valence-electron chi connectivity index (χ3n) is 5.72. The van der Waals surface area contributed by atoms with Crippen LogP contribution in [0.2, 0.25) is 0 Å². The molecule has 154 valence electrons. The molecule has 3 heterocycles. The smallest absolute Gasteiger partial charge is 0.254 e. The van der Waals surface area contributed by atoms with Crippen LogP contribution in [0.15, 0.2) is 42.7 Å². The second-order valence-corrected chi connectivity index (χ2v) is 7.68. The van der Waals surface area contributed by atoms with Crippen LogP contribution in [0.3, 0.4) is 0 Å². The Hall–Kier alpha value is -2.60. The molecule has 6 heteroatoms. The van der Waals surface area contributed by atoms with Crippen molar-refractivity contribution in [3.8, 4) is 11.5 Å². The molecule has 0 saturated carbocycles. The first-order valence-electron chi connectivity index (χ1n) is 10.6. The monoisotopic (exact) mass is 395 g/mol. The summed E-state index contributed by atoms with van der Waals surface area (Å²) in [5, 5.41) is 0. The van der Waals surface area contributed by atoms with Gasteiger partial charge in [-0.3, -0.25) is 14.7 Å². The Morgan fingerprint density at radius 2 is 2.00 bits per heavy atom. The number of pyridine rings is 1. The summed E-state index contributed by atoms with van der Waals surface area (Å²) < 4.78 is 11.7. The second-order valence-electron chi connectivity index (χ2n) is 7.68. The average Bonchev–Trinajstić information content (AvgIpc) is 3.45. The molecule has 0 radical (unpaired) electrons. The van der Waals surface area contributed by atoms with E-state index in [1.807, 2.05) is 42.2 Å². The Kier molecular flexibility index (Phi) is 6.30. The van der Waals surface area contributed by atoms with Gasteiger partial charge in [0.05, 0.1) is 6.61 Å². The van der Waals surface area contributed by atoms with Crippen molar-refractivity contribution < 1.29 is 14.3 Å². The summed E-state index contributed by atoms with van der Waals surface area (Å²) in [6, 6.07) is 9.85. The van der Waals surface area contributed by atoms with Gasteiger partial charge in [-0.15, -0.1) is 0 Å². The van der Waals surface area contributed by atoms with E-state index in [4.69, 9.17) is 9.47 Å². The van der Waals surface area contributed by atoms with E-state index in [0.29, 0.717) is 36.3 Å². The number of rotatable bonds is 7. The van der Waals surface area contributed by atoms with Gasteiger partial charge in [-0.2, -0.15) is 0 Å². The molecule has 1 amide bonds. The number of nitrogens with zero attached hydrogens (tertiary/aromatic N) is 3. The molecule has 29 heavy (non-hydrogen) atoms. The number of hydrogen-bond donors (Lipinski definition) is 0. The van der Waals surface area contributed by atoms with Gasteiger partial charge in [-0.25, -0.2) is 0 Å². The molecule has 0 N–H and O–H groups in total. The van der Waals surface area contributed by atoms with Crippen molar-refractivity contribution in [1.82, 2.24) is 14.8 Å². The molecule has 1 aromatic heterocycles. The number of ether oxygens (including phenoxy) is 2. The standard InChI is InChI=1S/C23H29N3O3/c1-2-28-22-14-19(7-8-21(22)29-17-18-6-5-10-24-15-18)23(27)26-13-9-20(16-26)25-11-3-4-12-25/h5-8,10,14-15,20H,2-4,9,11-13,16-17H2,1H3. The fraction of sp³-hybridized carbons (Fsp3) is 0.478. The maximum Gasteiger partial charge on any atom is 0.254 e. The zero-order chi connectivity index (χ0) is 20.1. The van der Waals surface area contributed by atoms with E-state index < -0.39 is 0 Å². The topological polar surface area (TPSA) is 54.9 Å². The summed E-state index contributed by atoms with van der Waals surface area (Å²) in [5.41, 5.74) is 1.64. The minimum Gasteiger partial charge on any atom is -0.490 e. The fourth-order valence-electron chi connectivity index (χ4n) is 4.19. The fourth-order valence-corrected chi connectivity index (χ4v) is 4.19. The lowest BCUT2D eigenvalue weighted by Crippen LogP contribution is -2.37. The molecule has 0 spiro atoms. The minimum atomic E-state index is 0.0754. The van der Waals surface area contributed by atoms with E-state index in [0.717, 1.165) is 25.1 Å². The number of benzene rings is 1. The van der Waals surface area contributed by atoms with E-state index in [-0.39, 0.29) is 5.91 Å². The van der Waals surface area contributed by atoms with Crippen LogP contribution in [0, 0.1) is 0 Å². The van der Waals surface area contributed by atoms with Crippen LogP contribution in [-0.2, 0) is 6.61 Å². The first-order valence-corrected chi connectivity index (χ1v) is 10.6. The molecule has 2 fully saturated rings. The molecule has 2 aliphatic heterocycles. The largest absolute Gasteiger partial charge is 0.490 e. The van der Waals surface area contributed by atoms with Crippen LogP contribution in [0.5, 0.6) is 11.5 Å². The van der Waals surface area contributed by atoms with Gasteiger partial charge in [-0.05, 0) is 63.5 Å². The summed E-state index contributed by atoms with van der Waals surface area (Å²) in [7, 11) is 0. The molecule has 2 saturated heterocycles. The van der Waals surface area contributed by atoms with Crippen molar-refractivity contribution in [2.45, 2.75) is 38.8 Å². The Bertz CT molecular complexity index is 821. The van der Waals surface area contributed by atoms with Gasteiger partial charge < -0.3 is 14.4 Å².